The minimum atomic E-state index is -0.285. The van der Waals surface area contributed by atoms with E-state index in [9.17, 15) is 19.2 Å². The zero-order chi connectivity index (χ0) is 51.7. The minimum Gasteiger partial charge on any atom is -0.350 e. The van der Waals surface area contributed by atoms with Crippen LogP contribution in [0.25, 0.3) is 10.8 Å². The lowest BCUT2D eigenvalue weighted by molar-refractivity contribution is -0.134. The minimum absolute atomic E-state index is 0.0166. The maximum atomic E-state index is 13.8. The van der Waals surface area contributed by atoms with Crippen molar-refractivity contribution in [1.29, 1.82) is 0 Å². The Morgan fingerprint density at radius 3 is 1.92 bits per heavy atom. The van der Waals surface area contributed by atoms with Crippen molar-refractivity contribution in [2.75, 3.05) is 65.4 Å². The van der Waals surface area contributed by atoms with Gasteiger partial charge in [0, 0.05) is 74.9 Å². The van der Waals surface area contributed by atoms with E-state index in [1.165, 1.54) is 44.1 Å². The van der Waals surface area contributed by atoms with Crippen molar-refractivity contribution in [3.05, 3.63) is 118 Å². The molecule has 396 valence electrons. The van der Waals surface area contributed by atoms with Gasteiger partial charge >= 0.3 is 0 Å². The highest BCUT2D eigenvalue weighted by Crippen LogP contribution is 2.34. The highest BCUT2D eigenvalue weighted by atomic mass is 35.5. The predicted molar refractivity (Wildman–Crippen MR) is 297 cm³/mol. The van der Waals surface area contributed by atoms with Gasteiger partial charge in [-0.2, -0.15) is 0 Å². The summed E-state index contributed by atoms with van der Waals surface area (Å²) in [7, 11) is 0. The number of amides is 4. The summed E-state index contributed by atoms with van der Waals surface area (Å²) in [6.45, 7) is 14.5. The highest BCUT2D eigenvalue weighted by molar-refractivity contribution is 6.42. The van der Waals surface area contributed by atoms with E-state index in [2.05, 4.69) is 76.1 Å². The van der Waals surface area contributed by atoms with Gasteiger partial charge < -0.3 is 41.7 Å². The molecule has 4 fully saturated rings. The van der Waals surface area contributed by atoms with Crippen molar-refractivity contribution < 1.29 is 19.2 Å². The average Bonchev–Trinajstić information content (AvgIpc) is 3.64. The molecule has 1 aliphatic carbocycles. The Labute approximate surface area is 445 Å². The molecule has 3 heterocycles. The largest absolute Gasteiger partial charge is 0.350 e. The van der Waals surface area contributed by atoms with Crippen molar-refractivity contribution >= 4 is 57.6 Å². The lowest BCUT2D eigenvalue weighted by Crippen LogP contribution is -2.50. The fourth-order valence-electron chi connectivity index (χ4n) is 11.7. The molecular formula is C59H82Cl2N8O4. The summed E-state index contributed by atoms with van der Waals surface area (Å²) in [6, 6.07) is 28.7. The molecule has 0 spiro atoms. The van der Waals surface area contributed by atoms with Crippen molar-refractivity contribution in [2.45, 2.75) is 128 Å². The van der Waals surface area contributed by atoms with E-state index < -0.39 is 0 Å². The lowest BCUT2D eigenvalue weighted by atomic mass is 9.76. The van der Waals surface area contributed by atoms with E-state index in [0.717, 1.165) is 87.4 Å². The van der Waals surface area contributed by atoms with E-state index in [1.807, 2.05) is 53.4 Å². The van der Waals surface area contributed by atoms with Crippen LogP contribution in [0.4, 0.5) is 0 Å². The fraction of sp³-hybridized carbons (Fsp3) is 0.559. The van der Waals surface area contributed by atoms with E-state index in [-0.39, 0.29) is 47.8 Å². The van der Waals surface area contributed by atoms with Gasteiger partial charge in [0.1, 0.15) is 0 Å². The van der Waals surface area contributed by atoms with Crippen LogP contribution in [0.3, 0.4) is 0 Å². The Morgan fingerprint density at radius 1 is 0.685 bits per heavy atom. The molecule has 4 aromatic rings. The highest BCUT2D eigenvalue weighted by Gasteiger charge is 2.35. The number of fused-ring (bicyclic) bond motifs is 1. The summed E-state index contributed by atoms with van der Waals surface area (Å²) in [5.41, 5.74) is 8.17. The molecule has 0 bridgehead atoms. The van der Waals surface area contributed by atoms with Crippen LogP contribution in [-0.4, -0.2) is 128 Å². The van der Waals surface area contributed by atoms with Crippen LogP contribution < -0.4 is 27.0 Å². The number of benzene rings is 4. The molecule has 12 nitrogen and oxygen atoms in total. The van der Waals surface area contributed by atoms with Crippen LogP contribution in [0.15, 0.2) is 91.0 Å². The zero-order valence-electron chi connectivity index (χ0n) is 43.6. The fourth-order valence-corrected chi connectivity index (χ4v) is 12.0. The second kappa shape index (κ2) is 28.4. The van der Waals surface area contributed by atoms with Gasteiger partial charge in [0.2, 0.25) is 11.8 Å². The van der Waals surface area contributed by atoms with Crippen LogP contribution >= 0.6 is 23.2 Å². The third-order valence-electron chi connectivity index (χ3n) is 15.6. The third-order valence-corrected chi connectivity index (χ3v) is 16.4. The summed E-state index contributed by atoms with van der Waals surface area (Å²) in [5, 5.41) is 16.3. The topological polar surface area (TPSA) is 152 Å². The number of nitrogens with zero attached hydrogens (tertiary/aromatic N) is 3. The van der Waals surface area contributed by atoms with Crippen LogP contribution in [0, 0.1) is 17.8 Å². The lowest BCUT2D eigenvalue weighted by Gasteiger charge is -2.35. The molecule has 4 aliphatic rings. The molecule has 0 radical (unpaired) electrons. The first-order chi connectivity index (χ1) is 35.4. The Bertz CT molecular complexity index is 2390. The first-order valence-corrected chi connectivity index (χ1v) is 28.2. The van der Waals surface area contributed by atoms with Gasteiger partial charge in [-0.15, -0.1) is 0 Å². The normalized spacial score (nSPS) is 24.5. The van der Waals surface area contributed by atoms with Gasteiger partial charge in [0.05, 0.1) is 22.1 Å². The maximum absolute atomic E-state index is 13.8. The molecule has 0 aromatic heterocycles. The Morgan fingerprint density at radius 2 is 1.27 bits per heavy atom. The Hall–Kier alpha value is -4.56. The maximum Gasteiger partial charge on any atom is 0.251 e. The van der Waals surface area contributed by atoms with E-state index >= 15 is 0 Å². The van der Waals surface area contributed by atoms with Crippen LogP contribution in [0.1, 0.15) is 130 Å². The summed E-state index contributed by atoms with van der Waals surface area (Å²) >= 11 is 12.1. The number of carbonyl (C=O) groups is 4. The molecule has 1 saturated carbocycles. The number of likely N-dealkylation sites (tertiary alicyclic amines) is 1. The van der Waals surface area contributed by atoms with Gasteiger partial charge in [-0.25, -0.2) is 0 Å². The number of hydrogen-bond acceptors (Lipinski definition) is 8. The molecular weight excluding hydrogens is 956 g/mol. The van der Waals surface area contributed by atoms with E-state index in [1.54, 1.807) is 18.2 Å². The second-order valence-corrected chi connectivity index (χ2v) is 22.3. The van der Waals surface area contributed by atoms with Crippen molar-refractivity contribution in [1.82, 2.24) is 36.0 Å². The monoisotopic (exact) mass is 1040 g/mol. The van der Waals surface area contributed by atoms with Gasteiger partial charge in [0.25, 0.3) is 11.8 Å². The molecule has 4 amide bonds. The number of carbonyl (C=O) groups excluding carboxylic acids is 4. The summed E-state index contributed by atoms with van der Waals surface area (Å²) in [6.07, 6.45) is 12.4. The van der Waals surface area contributed by atoms with Crippen molar-refractivity contribution in [2.24, 2.45) is 23.5 Å². The number of nitrogens with one attached hydrogen (secondary N) is 4. The number of piperidine rings is 1. The predicted octanol–water partition coefficient (Wildman–Crippen LogP) is 9.29. The molecule has 7 atom stereocenters. The SMILES string of the molecule is CC1CC(C)CC(CN2CC[C@@H](CNC(=O)c3ccc(Cl)c(Cl)c3)N[C@@H](CCN3CCCCC3)C2=O)C1.CC[C@H](CN1CC[C@@H](CNC(=O)c2ccc3ccccc3c2)N[C@@H](CCCN)C1=O)c1ccccc1. The zero-order valence-corrected chi connectivity index (χ0v) is 45.2. The van der Waals surface area contributed by atoms with Crippen LogP contribution in [-0.2, 0) is 9.59 Å². The van der Waals surface area contributed by atoms with Crippen molar-refractivity contribution in [3.8, 4) is 0 Å². The van der Waals surface area contributed by atoms with Gasteiger partial charge in [-0.05, 0) is 155 Å². The standard InChI is InChI=1S/C30H38N4O2.C29H44Cl2N4O2/c1-2-22(23-9-4-3-5-10-23)21-34-18-16-27(33-28(30(34)36)13-8-17-31)20-32-29(35)26-15-14-24-11-6-7-12-25(24)19-26;1-20-14-21(2)16-22(15-20)19-35-13-8-24(18-32-28(36)23-6-7-25(30)26(31)17-23)33-27(29(35)37)9-12-34-10-4-3-5-11-34/h3-7,9-12,14-15,19,22,27-28,33H,2,8,13,16-18,20-21,31H2,1H3,(H,32,35);6-7,17,20-22,24,27,33H,3-5,8-16,18-19H2,1-2H3,(H,32,36)/t22-,27+,28+;20?,21?,22?,24-,27-/m10/s1. The van der Waals surface area contributed by atoms with Gasteiger partial charge in [0.15, 0.2) is 0 Å². The molecule has 4 aromatic carbocycles. The summed E-state index contributed by atoms with van der Waals surface area (Å²) < 4.78 is 0. The summed E-state index contributed by atoms with van der Waals surface area (Å²) in [4.78, 5) is 59.6. The Kier molecular flexibility index (Phi) is 21.8. The molecule has 6 N–H and O–H groups in total. The molecule has 8 rings (SSSR count). The number of halogens is 2. The second-order valence-electron chi connectivity index (χ2n) is 21.5. The number of nitrogens with two attached hydrogens (primary N) is 1. The molecule has 2 unspecified atom stereocenters. The van der Waals surface area contributed by atoms with Gasteiger partial charge in [-0.3, -0.25) is 19.2 Å². The summed E-state index contributed by atoms with van der Waals surface area (Å²) in [5.74, 6) is 2.45. The third kappa shape index (κ3) is 16.7. The first kappa shape index (κ1) is 56.2. The van der Waals surface area contributed by atoms with Crippen LogP contribution in [0.2, 0.25) is 10.0 Å². The van der Waals surface area contributed by atoms with Crippen molar-refractivity contribution in [3.63, 3.8) is 0 Å². The van der Waals surface area contributed by atoms with E-state index in [0.29, 0.717) is 72.2 Å². The smallest absolute Gasteiger partial charge is 0.251 e. The van der Waals surface area contributed by atoms with Crippen LogP contribution in [0.5, 0.6) is 0 Å². The van der Waals surface area contributed by atoms with Gasteiger partial charge in [-0.1, -0.05) is 111 Å². The molecule has 3 aliphatic heterocycles. The Balaban J connectivity index is 0.000000214. The molecule has 73 heavy (non-hydrogen) atoms. The van der Waals surface area contributed by atoms with E-state index in [4.69, 9.17) is 28.9 Å². The average molecular weight is 1040 g/mol. The molecule has 14 heteroatoms. The number of rotatable bonds is 18. The molecule has 3 saturated heterocycles. The first-order valence-electron chi connectivity index (χ1n) is 27.4. The number of hydrogen-bond donors (Lipinski definition) is 5. The quantitative estimate of drug-likeness (QED) is 0.0662.